The summed E-state index contributed by atoms with van der Waals surface area (Å²) >= 11 is 11.8. The van der Waals surface area contributed by atoms with Crippen LogP contribution in [0.5, 0.6) is 5.75 Å². The summed E-state index contributed by atoms with van der Waals surface area (Å²) in [6.45, 7) is 0. The molecule has 0 spiro atoms. The van der Waals surface area contributed by atoms with E-state index < -0.39 is 11.9 Å². The summed E-state index contributed by atoms with van der Waals surface area (Å²) in [5.41, 5.74) is 0.0885. The maximum Gasteiger partial charge on any atom is 0.343 e. The highest BCUT2D eigenvalue weighted by Crippen LogP contribution is 2.32. The Balaban J connectivity index is 2.29. The highest BCUT2D eigenvalue weighted by Gasteiger charge is 2.15. The minimum Gasteiger partial charge on any atom is -0.478 e. The molecule has 2 rings (SSSR count). The van der Waals surface area contributed by atoms with Crippen LogP contribution in [0.4, 0.5) is 0 Å². The van der Waals surface area contributed by atoms with Crippen molar-refractivity contribution in [2.75, 3.05) is 0 Å². The van der Waals surface area contributed by atoms with Gasteiger partial charge in [0.15, 0.2) is 5.75 Å². The molecule has 2 aromatic rings. The Morgan fingerprint density at radius 2 is 1.50 bits per heavy atom. The van der Waals surface area contributed by atoms with Gasteiger partial charge in [0.1, 0.15) is 0 Å². The number of halogens is 2. The molecule has 0 unspecified atom stereocenters. The Labute approximate surface area is 124 Å². The second kappa shape index (κ2) is 5.94. The number of para-hydroxylation sites is 1. The Morgan fingerprint density at radius 3 is 2.10 bits per heavy atom. The van der Waals surface area contributed by atoms with Gasteiger partial charge in [-0.3, -0.25) is 0 Å². The van der Waals surface area contributed by atoms with E-state index in [2.05, 4.69) is 0 Å². The van der Waals surface area contributed by atoms with E-state index in [1.807, 2.05) is 0 Å². The SMILES string of the molecule is O=C(O)c1cccc(C(=O)Oc2c(Cl)cccc2Cl)c1. The van der Waals surface area contributed by atoms with Crippen LogP contribution in [0, 0.1) is 0 Å². The maximum absolute atomic E-state index is 12.0. The van der Waals surface area contributed by atoms with Crippen LogP contribution in [0.3, 0.4) is 0 Å². The first-order chi connectivity index (χ1) is 9.49. The van der Waals surface area contributed by atoms with Crippen molar-refractivity contribution in [1.29, 1.82) is 0 Å². The first-order valence-corrected chi connectivity index (χ1v) is 6.24. The molecule has 0 aliphatic carbocycles. The third-order valence-corrected chi connectivity index (χ3v) is 3.05. The Bertz CT molecular complexity index is 662. The lowest BCUT2D eigenvalue weighted by atomic mass is 10.1. The van der Waals surface area contributed by atoms with Gasteiger partial charge in [-0.2, -0.15) is 0 Å². The molecule has 4 nitrogen and oxygen atoms in total. The number of hydrogen-bond donors (Lipinski definition) is 1. The van der Waals surface area contributed by atoms with Crippen LogP contribution in [0.2, 0.25) is 10.0 Å². The zero-order valence-electron chi connectivity index (χ0n) is 9.97. The quantitative estimate of drug-likeness (QED) is 0.689. The van der Waals surface area contributed by atoms with Crippen LogP contribution in [0.15, 0.2) is 42.5 Å². The van der Waals surface area contributed by atoms with Crippen molar-refractivity contribution in [1.82, 2.24) is 0 Å². The average Bonchev–Trinajstić information content (AvgIpc) is 2.43. The molecule has 2 aromatic carbocycles. The molecule has 0 aromatic heterocycles. The molecule has 0 amide bonds. The lowest BCUT2D eigenvalue weighted by molar-refractivity contribution is 0.0697. The largest absolute Gasteiger partial charge is 0.478 e. The van der Waals surface area contributed by atoms with Crippen molar-refractivity contribution in [3.05, 3.63) is 63.6 Å². The average molecular weight is 311 g/mol. The summed E-state index contributed by atoms with van der Waals surface area (Å²) in [5.74, 6) is -1.82. The van der Waals surface area contributed by atoms with Crippen LogP contribution in [0.1, 0.15) is 20.7 Å². The van der Waals surface area contributed by atoms with Gasteiger partial charge in [0.2, 0.25) is 0 Å². The zero-order valence-corrected chi connectivity index (χ0v) is 11.5. The molecule has 102 valence electrons. The molecule has 0 aliphatic rings. The predicted molar refractivity (Wildman–Crippen MR) is 74.8 cm³/mol. The van der Waals surface area contributed by atoms with E-state index in [1.54, 1.807) is 6.07 Å². The van der Waals surface area contributed by atoms with Gasteiger partial charge in [0, 0.05) is 0 Å². The van der Waals surface area contributed by atoms with Gasteiger partial charge in [-0.15, -0.1) is 0 Å². The lowest BCUT2D eigenvalue weighted by Crippen LogP contribution is -2.10. The minimum atomic E-state index is -1.13. The zero-order chi connectivity index (χ0) is 14.7. The molecular weight excluding hydrogens is 303 g/mol. The number of rotatable bonds is 3. The normalized spacial score (nSPS) is 10.1. The molecule has 0 radical (unpaired) electrons. The summed E-state index contributed by atoms with van der Waals surface area (Å²) in [7, 11) is 0. The highest BCUT2D eigenvalue weighted by molar-refractivity contribution is 6.37. The van der Waals surface area contributed by atoms with Crippen LogP contribution < -0.4 is 4.74 Å². The number of hydrogen-bond acceptors (Lipinski definition) is 3. The standard InChI is InChI=1S/C14H8Cl2O4/c15-10-5-2-6-11(16)12(10)20-14(19)9-4-1-3-8(7-9)13(17)18/h1-7H,(H,17,18). The van der Waals surface area contributed by atoms with Gasteiger partial charge in [-0.05, 0) is 30.3 Å². The summed E-state index contributed by atoms with van der Waals surface area (Å²) in [4.78, 5) is 22.8. The number of carbonyl (C=O) groups is 2. The molecule has 0 saturated carbocycles. The van der Waals surface area contributed by atoms with E-state index in [4.69, 9.17) is 33.0 Å². The van der Waals surface area contributed by atoms with E-state index in [1.165, 1.54) is 36.4 Å². The van der Waals surface area contributed by atoms with E-state index >= 15 is 0 Å². The number of esters is 1. The fraction of sp³-hybridized carbons (Fsp3) is 0. The monoisotopic (exact) mass is 310 g/mol. The predicted octanol–water partition coefficient (Wildman–Crippen LogP) is 3.91. The van der Waals surface area contributed by atoms with Crippen LogP contribution in [-0.2, 0) is 0 Å². The first-order valence-electron chi connectivity index (χ1n) is 5.48. The number of benzene rings is 2. The summed E-state index contributed by atoms with van der Waals surface area (Å²) in [5, 5.41) is 9.26. The molecule has 0 saturated heterocycles. The molecule has 6 heteroatoms. The molecule has 0 aliphatic heterocycles. The van der Waals surface area contributed by atoms with Gasteiger partial charge in [0.25, 0.3) is 0 Å². The molecule has 0 fully saturated rings. The van der Waals surface area contributed by atoms with Crippen LogP contribution in [0.25, 0.3) is 0 Å². The van der Waals surface area contributed by atoms with E-state index in [-0.39, 0.29) is 26.9 Å². The summed E-state index contributed by atoms with van der Waals surface area (Å²) < 4.78 is 5.10. The fourth-order valence-electron chi connectivity index (χ4n) is 1.51. The van der Waals surface area contributed by atoms with Gasteiger partial charge < -0.3 is 9.84 Å². The lowest BCUT2D eigenvalue weighted by Gasteiger charge is -2.08. The maximum atomic E-state index is 12.0. The molecular formula is C14H8Cl2O4. The number of ether oxygens (including phenoxy) is 1. The number of carbonyl (C=O) groups excluding carboxylic acids is 1. The van der Waals surface area contributed by atoms with Gasteiger partial charge in [0.05, 0.1) is 21.2 Å². The van der Waals surface area contributed by atoms with Crippen molar-refractivity contribution in [2.24, 2.45) is 0 Å². The highest BCUT2D eigenvalue weighted by atomic mass is 35.5. The third-order valence-electron chi connectivity index (χ3n) is 2.46. The number of carboxylic acid groups (broad SMARTS) is 1. The summed E-state index contributed by atoms with van der Waals surface area (Å²) in [6, 6.07) is 10.2. The molecule has 0 atom stereocenters. The van der Waals surface area contributed by atoms with Gasteiger partial charge in [-0.25, -0.2) is 9.59 Å². The van der Waals surface area contributed by atoms with Crippen molar-refractivity contribution in [3.8, 4) is 5.75 Å². The van der Waals surface area contributed by atoms with Crippen molar-refractivity contribution in [2.45, 2.75) is 0 Å². The van der Waals surface area contributed by atoms with Crippen molar-refractivity contribution < 1.29 is 19.4 Å². The van der Waals surface area contributed by atoms with Gasteiger partial charge >= 0.3 is 11.9 Å². The van der Waals surface area contributed by atoms with E-state index in [0.29, 0.717) is 0 Å². The van der Waals surface area contributed by atoms with E-state index in [9.17, 15) is 9.59 Å². The molecule has 20 heavy (non-hydrogen) atoms. The van der Waals surface area contributed by atoms with Crippen molar-refractivity contribution in [3.63, 3.8) is 0 Å². The third kappa shape index (κ3) is 3.10. The van der Waals surface area contributed by atoms with Crippen LogP contribution >= 0.6 is 23.2 Å². The first kappa shape index (κ1) is 14.4. The Kier molecular flexibility index (Phi) is 4.27. The summed E-state index contributed by atoms with van der Waals surface area (Å²) in [6.07, 6.45) is 0. The fourth-order valence-corrected chi connectivity index (χ4v) is 1.99. The number of aromatic carboxylic acids is 1. The van der Waals surface area contributed by atoms with Crippen LogP contribution in [-0.4, -0.2) is 17.0 Å². The smallest absolute Gasteiger partial charge is 0.343 e. The Hall–Kier alpha value is -2.04. The molecule has 1 N–H and O–H groups in total. The second-order valence-electron chi connectivity index (χ2n) is 3.83. The molecule has 0 bridgehead atoms. The molecule has 0 heterocycles. The number of carboxylic acids is 1. The van der Waals surface area contributed by atoms with Crippen molar-refractivity contribution >= 4 is 35.1 Å². The van der Waals surface area contributed by atoms with E-state index in [0.717, 1.165) is 0 Å². The topological polar surface area (TPSA) is 63.6 Å². The minimum absolute atomic E-state index is 0.00953. The van der Waals surface area contributed by atoms with Gasteiger partial charge in [-0.1, -0.05) is 35.3 Å². The second-order valence-corrected chi connectivity index (χ2v) is 4.64. The Morgan fingerprint density at radius 1 is 0.950 bits per heavy atom.